The lowest BCUT2D eigenvalue weighted by Gasteiger charge is -2.24. The fraction of sp³-hybridized carbons (Fsp3) is 0.174. The van der Waals surface area contributed by atoms with Crippen molar-refractivity contribution in [3.8, 4) is 11.5 Å². The molecular weight excluding hydrogens is 435 g/mol. The van der Waals surface area contributed by atoms with Gasteiger partial charge in [-0.25, -0.2) is 12.8 Å². The van der Waals surface area contributed by atoms with Crippen molar-refractivity contribution in [2.24, 2.45) is 0 Å². The molecule has 0 atom stereocenters. The van der Waals surface area contributed by atoms with E-state index in [0.717, 1.165) is 10.6 Å². The quantitative estimate of drug-likeness (QED) is 0.550. The first-order chi connectivity index (χ1) is 15.2. The molecule has 0 aliphatic heterocycles. The smallest absolute Gasteiger partial charge is 0.255 e. The van der Waals surface area contributed by atoms with Crippen molar-refractivity contribution in [3.63, 3.8) is 0 Å². The second-order valence-electron chi connectivity index (χ2n) is 6.93. The van der Waals surface area contributed by atoms with E-state index in [4.69, 9.17) is 9.47 Å². The normalized spacial score (nSPS) is 11.0. The maximum absolute atomic E-state index is 13.3. The van der Waals surface area contributed by atoms with Gasteiger partial charge in [-0.3, -0.25) is 9.10 Å². The van der Waals surface area contributed by atoms with Gasteiger partial charge in [0, 0.05) is 11.1 Å². The van der Waals surface area contributed by atoms with E-state index < -0.39 is 21.7 Å². The molecule has 0 fully saturated rings. The highest BCUT2D eigenvalue weighted by Crippen LogP contribution is 2.28. The van der Waals surface area contributed by atoms with Gasteiger partial charge in [0.15, 0.2) is 0 Å². The second kappa shape index (κ2) is 9.69. The molecular formula is C23H23FN2O5S. The fourth-order valence-electron chi connectivity index (χ4n) is 3.15. The van der Waals surface area contributed by atoms with Gasteiger partial charge in [-0.2, -0.15) is 0 Å². The highest BCUT2D eigenvalue weighted by molar-refractivity contribution is 7.92. The van der Waals surface area contributed by atoms with E-state index in [1.54, 1.807) is 42.5 Å². The lowest BCUT2D eigenvalue weighted by Crippen LogP contribution is -2.29. The zero-order valence-electron chi connectivity index (χ0n) is 17.8. The van der Waals surface area contributed by atoms with Crippen LogP contribution >= 0.6 is 0 Å². The first-order valence-electron chi connectivity index (χ1n) is 9.57. The van der Waals surface area contributed by atoms with E-state index in [9.17, 15) is 17.6 Å². The van der Waals surface area contributed by atoms with Gasteiger partial charge in [0.1, 0.15) is 17.3 Å². The minimum Gasteiger partial charge on any atom is -0.496 e. The zero-order valence-corrected chi connectivity index (χ0v) is 18.6. The first-order valence-corrected chi connectivity index (χ1v) is 11.4. The van der Waals surface area contributed by atoms with Gasteiger partial charge in [0.25, 0.3) is 5.91 Å². The first kappa shape index (κ1) is 23.1. The highest BCUT2D eigenvalue weighted by atomic mass is 32.2. The van der Waals surface area contributed by atoms with Crippen LogP contribution in [0.5, 0.6) is 11.5 Å². The molecule has 32 heavy (non-hydrogen) atoms. The molecule has 0 radical (unpaired) electrons. The summed E-state index contributed by atoms with van der Waals surface area (Å²) in [4.78, 5) is 12.8. The molecule has 1 N–H and O–H groups in total. The van der Waals surface area contributed by atoms with Crippen LogP contribution in [-0.4, -0.2) is 34.8 Å². The number of amides is 1. The van der Waals surface area contributed by atoms with Crippen LogP contribution in [-0.2, 0) is 16.6 Å². The number of ether oxygens (including phenoxy) is 2. The molecule has 3 aromatic rings. The zero-order chi connectivity index (χ0) is 23.3. The number of para-hydroxylation sites is 2. The van der Waals surface area contributed by atoms with Crippen molar-refractivity contribution in [2.45, 2.75) is 6.54 Å². The van der Waals surface area contributed by atoms with Crippen LogP contribution < -0.4 is 19.1 Å². The van der Waals surface area contributed by atoms with Crippen LogP contribution in [0.2, 0.25) is 0 Å². The van der Waals surface area contributed by atoms with Crippen LogP contribution in [0.1, 0.15) is 15.9 Å². The van der Waals surface area contributed by atoms with Crippen molar-refractivity contribution in [3.05, 3.63) is 83.7 Å². The number of nitrogens with zero attached hydrogens (tertiary/aromatic N) is 1. The predicted octanol–water partition coefficient (Wildman–Crippen LogP) is 4.06. The van der Waals surface area contributed by atoms with Gasteiger partial charge in [-0.15, -0.1) is 0 Å². The number of nitrogens with one attached hydrogen (secondary N) is 1. The number of carbonyl (C=O) groups is 1. The van der Waals surface area contributed by atoms with Gasteiger partial charge >= 0.3 is 0 Å². The summed E-state index contributed by atoms with van der Waals surface area (Å²) in [6.45, 7) is -0.108. The topological polar surface area (TPSA) is 84.9 Å². The third-order valence-corrected chi connectivity index (χ3v) is 5.87. The molecule has 0 saturated heterocycles. The Morgan fingerprint density at radius 3 is 2.25 bits per heavy atom. The molecule has 0 heterocycles. The summed E-state index contributed by atoms with van der Waals surface area (Å²) in [5.74, 6) is 0.0460. The average molecular weight is 459 g/mol. The maximum Gasteiger partial charge on any atom is 0.255 e. The van der Waals surface area contributed by atoms with Crippen LogP contribution in [0.15, 0.2) is 66.7 Å². The molecule has 168 valence electrons. The Morgan fingerprint density at radius 1 is 0.969 bits per heavy atom. The van der Waals surface area contributed by atoms with Crippen molar-refractivity contribution < 1.29 is 27.1 Å². The van der Waals surface area contributed by atoms with Crippen molar-refractivity contribution >= 4 is 27.3 Å². The van der Waals surface area contributed by atoms with E-state index in [1.165, 1.54) is 38.5 Å². The third-order valence-electron chi connectivity index (χ3n) is 4.73. The number of methoxy groups -OCH3 is 2. The molecule has 0 aromatic heterocycles. The SMILES string of the molecule is COc1ccc(C(=O)Nc2ccccc2OC)cc1CN(c1ccc(F)cc1)S(C)(=O)=O. The number of hydrogen-bond acceptors (Lipinski definition) is 5. The summed E-state index contributed by atoms with van der Waals surface area (Å²) < 4.78 is 50.0. The van der Waals surface area contributed by atoms with Crippen molar-refractivity contribution in [1.29, 1.82) is 0 Å². The Bertz CT molecular complexity index is 1210. The molecule has 0 bridgehead atoms. The lowest BCUT2D eigenvalue weighted by atomic mass is 10.1. The van der Waals surface area contributed by atoms with Crippen LogP contribution in [0.4, 0.5) is 15.8 Å². The van der Waals surface area contributed by atoms with E-state index in [1.807, 2.05) is 0 Å². The number of carbonyl (C=O) groups excluding carboxylic acids is 1. The van der Waals surface area contributed by atoms with Crippen molar-refractivity contribution in [2.75, 3.05) is 30.1 Å². The molecule has 0 saturated carbocycles. The van der Waals surface area contributed by atoms with Gasteiger partial charge in [-0.1, -0.05) is 12.1 Å². The third kappa shape index (κ3) is 5.36. The summed E-state index contributed by atoms with van der Waals surface area (Å²) in [6.07, 6.45) is 1.06. The molecule has 0 aliphatic carbocycles. The maximum atomic E-state index is 13.3. The monoisotopic (exact) mass is 458 g/mol. The predicted molar refractivity (Wildman–Crippen MR) is 121 cm³/mol. The molecule has 3 aromatic carbocycles. The highest BCUT2D eigenvalue weighted by Gasteiger charge is 2.21. The van der Waals surface area contributed by atoms with E-state index in [2.05, 4.69) is 5.32 Å². The molecule has 0 unspecified atom stereocenters. The van der Waals surface area contributed by atoms with Gasteiger partial charge in [0.2, 0.25) is 10.0 Å². The fourth-order valence-corrected chi connectivity index (χ4v) is 4.03. The number of anilines is 2. The van der Waals surface area contributed by atoms with Crippen LogP contribution in [0, 0.1) is 5.82 Å². The lowest BCUT2D eigenvalue weighted by molar-refractivity contribution is 0.102. The minimum atomic E-state index is -3.71. The summed E-state index contributed by atoms with van der Waals surface area (Å²) in [5.41, 5.74) is 1.57. The average Bonchev–Trinajstić information content (AvgIpc) is 2.77. The van der Waals surface area contributed by atoms with E-state index in [0.29, 0.717) is 34.0 Å². The Kier molecular flexibility index (Phi) is 6.99. The molecule has 7 nitrogen and oxygen atoms in total. The Balaban J connectivity index is 1.94. The Morgan fingerprint density at radius 2 is 1.62 bits per heavy atom. The Labute approximate surface area is 186 Å². The van der Waals surface area contributed by atoms with Crippen LogP contribution in [0.25, 0.3) is 0 Å². The summed E-state index contributed by atoms with van der Waals surface area (Å²) >= 11 is 0. The molecule has 3 rings (SSSR count). The summed E-state index contributed by atoms with van der Waals surface area (Å²) in [6, 6.07) is 16.8. The molecule has 0 spiro atoms. The number of hydrogen-bond donors (Lipinski definition) is 1. The molecule has 1 amide bonds. The standard InChI is InChI=1S/C23H23FN2O5S/c1-30-21-13-8-16(23(27)25-20-6-4-5-7-22(20)31-2)14-17(21)15-26(32(3,28)29)19-11-9-18(24)10-12-19/h4-14H,15H2,1-3H3,(H,25,27). The number of benzene rings is 3. The van der Waals surface area contributed by atoms with Gasteiger partial charge in [-0.05, 0) is 54.6 Å². The largest absolute Gasteiger partial charge is 0.496 e. The van der Waals surface area contributed by atoms with Crippen LogP contribution in [0.3, 0.4) is 0 Å². The number of halogens is 1. The summed E-state index contributed by atoms with van der Waals surface area (Å²) in [5, 5.41) is 2.79. The van der Waals surface area contributed by atoms with E-state index in [-0.39, 0.29) is 6.54 Å². The Hall–Kier alpha value is -3.59. The van der Waals surface area contributed by atoms with Gasteiger partial charge in [0.05, 0.1) is 38.4 Å². The number of sulfonamides is 1. The van der Waals surface area contributed by atoms with Crippen molar-refractivity contribution in [1.82, 2.24) is 0 Å². The number of rotatable bonds is 8. The van der Waals surface area contributed by atoms with Gasteiger partial charge < -0.3 is 14.8 Å². The van der Waals surface area contributed by atoms with E-state index >= 15 is 0 Å². The minimum absolute atomic E-state index is 0.108. The molecule has 0 aliphatic rings. The summed E-state index contributed by atoms with van der Waals surface area (Å²) in [7, 11) is -0.746. The second-order valence-corrected chi connectivity index (χ2v) is 8.83. The molecule has 9 heteroatoms.